The van der Waals surface area contributed by atoms with Gasteiger partial charge < -0.3 is 15.2 Å². The van der Waals surface area contributed by atoms with Gasteiger partial charge >= 0.3 is 5.97 Å². The van der Waals surface area contributed by atoms with Gasteiger partial charge in [-0.05, 0) is 42.8 Å². The second-order valence-corrected chi connectivity index (χ2v) is 7.11. The molecule has 0 radical (unpaired) electrons. The topological polar surface area (TPSA) is 93.5 Å². The number of benzene rings is 2. The smallest absolute Gasteiger partial charge is 0.335 e. The number of nitrogens with zero attached hydrogens (tertiary/aromatic N) is 2. The summed E-state index contributed by atoms with van der Waals surface area (Å²) in [6.07, 6.45) is -3.01. The highest BCUT2D eigenvalue weighted by Gasteiger charge is 2.30. The Morgan fingerprint density at radius 2 is 1.87 bits per heavy atom. The van der Waals surface area contributed by atoms with Crippen LogP contribution >= 0.6 is 11.6 Å². The first-order valence-electron chi connectivity index (χ1n) is 9.10. The monoisotopic (exact) mass is 449 g/mol. The summed E-state index contributed by atoms with van der Waals surface area (Å²) in [6, 6.07) is 11.5. The molecule has 3 aromatic rings. The van der Waals surface area contributed by atoms with Crippen LogP contribution in [0.4, 0.5) is 8.78 Å². The van der Waals surface area contributed by atoms with E-state index in [0.717, 1.165) is 4.68 Å². The summed E-state index contributed by atoms with van der Waals surface area (Å²) in [5, 5.41) is 15.7. The number of halogens is 3. The molecule has 0 spiro atoms. The minimum absolute atomic E-state index is 0.0896. The van der Waals surface area contributed by atoms with E-state index in [1.165, 1.54) is 37.4 Å². The van der Waals surface area contributed by atoms with Crippen molar-refractivity contribution in [1.29, 1.82) is 0 Å². The third-order valence-corrected chi connectivity index (χ3v) is 4.71. The summed E-state index contributed by atoms with van der Waals surface area (Å²) in [4.78, 5) is 23.9. The molecule has 1 atom stereocenters. The third kappa shape index (κ3) is 5.00. The van der Waals surface area contributed by atoms with Crippen molar-refractivity contribution in [3.63, 3.8) is 0 Å². The molecular weight excluding hydrogens is 432 g/mol. The average molecular weight is 450 g/mol. The van der Waals surface area contributed by atoms with E-state index >= 15 is 0 Å². The predicted molar refractivity (Wildman–Crippen MR) is 109 cm³/mol. The van der Waals surface area contributed by atoms with E-state index in [1.807, 2.05) is 0 Å². The molecule has 0 saturated heterocycles. The molecule has 31 heavy (non-hydrogen) atoms. The van der Waals surface area contributed by atoms with Crippen molar-refractivity contribution in [2.75, 3.05) is 0 Å². The fourth-order valence-corrected chi connectivity index (χ4v) is 3.10. The van der Waals surface area contributed by atoms with Crippen molar-refractivity contribution in [2.45, 2.75) is 19.4 Å². The molecule has 2 aromatic carbocycles. The van der Waals surface area contributed by atoms with Crippen LogP contribution < -0.4 is 10.1 Å². The number of amides is 1. The number of alkyl halides is 2. The largest absolute Gasteiger partial charge is 0.478 e. The second-order valence-electron chi connectivity index (χ2n) is 6.67. The molecule has 1 amide bonds. The molecule has 2 N–H and O–H groups in total. The van der Waals surface area contributed by atoms with Gasteiger partial charge in [0.15, 0.2) is 0 Å². The molecule has 10 heteroatoms. The Balaban J connectivity index is 1.90. The first-order valence-corrected chi connectivity index (χ1v) is 9.47. The molecule has 0 fully saturated rings. The second kappa shape index (κ2) is 9.13. The molecule has 0 aliphatic rings. The summed E-state index contributed by atoms with van der Waals surface area (Å²) in [5.74, 6) is -1.80. The zero-order chi connectivity index (χ0) is 22.7. The third-order valence-electron chi connectivity index (χ3n) is 4.47. The number of nitrogens with one attached hydrogen (secondary N) is 1. The zero-order valence-corrected chi connectivity index (χ0v) is 17.2. The lowest BCUT2D eigenvalue weighted by Crippen LogP contribution is -2.27. The lowest BCUT2D eigenvalue weighted by molar-refractivity contribution is 0.0696. The quantitative estimate of drug-likeness (QED) is 0.530. The van der Waals surface area contributed by atoms with E-state index in [4.69, 9.17) is 21.4 Å². The number of ether oxygens (including phenoxy) is 1. The van der Waals surface area contributed by atoms with E-state index in [9.17, 15) is 18.4 Å². The maximum absolute atomic E-state index is 13.6. The molecular formula is C21H18ClF2N3O4. The standard InChI is InChI=1S/C21H18ClF2N3O4/c1-11(12-6-8-13(9-7-12)21(29)30)25-19(28)16-17(18(23)24)26-27(2)20(16)31-15-5-3-4-14(22)10-15/h3-11,18H,1-2H3,(H,25,28)(H,29,30)/t11-/m0/s1. The van der Waals surface area contributed by atoms with Gasteiger partial charge in [0.25, 0.3) is 12.3 Å². The predicted octanol–water partition coefficient (Wildman–Crippen LogP) is 4.99. The van der Waals surface area contributed by atoms with Gasteiger partial charge in [0.05, 0.1) is 11.6 Å². The molecule has 3 rings (SSSR count). The van der Waals surface area contributed by atoms with Crippen molar-refractivity contribution in [3.8, 4) is 11.6 Å². The summed E-state index contributed by atoms with van der Waals surface area (Å²) < 4.78 is 33.9. The van der Waals surface area contributed by atoms with E-state index in [0.29, 0.717) is 10.6 Å². The van der Waals surface area contributed by atoms with E-state index < -0.39 is 35.6 Å². The normalized spacial score (nSPS) is 11.9. The van der Waals surface area contributed by atoms with E-state index in [1.54, 1.807) is 25.1 Å². The highest BCUT2D eigenvalue weighted by Crippen LogP contribution is 2.33. The van der Waals surface area contributed by atoms with Gasteiger partial charge in [-0.3, -0.25) is 4.79 Å². The van der Waals surface area contributed by atoms with Crippen LogP contribution in [0.3, 0.4) is 0 Å². The highest BCUT2D eigenvalue weighted by molar-refractivity contribution is 6.30. The molecule has 0 aliphatic heterocycles. The lowest BCUT2D eigenvalue weighted by atomic mass is 10.1. The van der Waals surface area contributed by atoms with Crippen LogP contribution in [0.15, 0.2) is 48.5 Å². The first kappa shape index (κ1) is 22.2. The highest BCUT2D eigenvalue weighted by atomic mass is 35.5. The number of aryl methyl sites for hydroxylation is 1. The Labute approximate surface area is 181 Å². The van der Waals surface area contributed by atoms with Gasteiger partial charge in [0.1, 0.15) is 17.0 Å². The molecule has 0 bridgehead atoms. The number of aromatic carboxylic acids is 1. The average Bonchev–Trinajstić information content (AvgIpc) is 3.04. The van der Waals surface area contributed by atoms with Crippen LogP contribution in [-0.4, -0.2) is 26.8 Å². The van der Waals surface area contributed by atoms with Crippen molar-refractivity contribution < 1.29 is 28.2 Å². The van der Waals surface area contributed by atoms with Crippen LogP contribution in [0.25, 0.3) is 0 Å². The van der Waals surface area contributed by atoms with E-state index in [2.05, 4.69) is 10.4 Å². The molecule has 7 nitrogen and oxygen atoms in total. The van der Waals surface area contributed by atoms with Crippen molar-refractivity contribution in [1.82, 2.24) is 15.1 Å². The molecule has 1 aromatic heterocycles. The van der Waals surface area contributed by atoms with Gasteiger partial charge in [0.2, 0.25) is 5.88 Å². The van der Waals surface area contributed by atoms with Crippen LogP contribution in [0.5, 0.6) is 11.6 Å². The van der Waals surface area contributed by atoms with Crippen LogP contribution in [0.1, 0.15) is 51.4 Å². The fraction of sp³-hybridized carbons (Fsp3) is 0.190. The van der Waals surface area contributed by atoms with Gasteiger partial charge in [0, 0.05) is 12.1 Å². The Kier molecular flexibility index (Phi) is 6.55. The van der Waals surface area contributed by atoms with Crippen LogP contribution in [0.2, 0.25) is 5.02 Å². The van der Waals surface area contributed by atoms with Gasteiger partial charge in [-0.15, -0.1) is 0 Å². The minimum Gasteiger partial charge on any atom is -0.478 e. The summed E-state index contributed by atoms with van der Waals surface area (Å²) in [6.45, 7) is 1.64. The summed E-state index contributed by atoms with van der Waals surface area (Å²) >= 11 is 5.94. The number of carbonyl (C=O) groups excluding carboxylic acids is 1. The Morgan fingerprint density at radius 1 is 1.19 bits per heavy atom. The Hall–Kier alpha value is -3.46. The number of hydrogen-bond acceptors (Lipinski definition) is 4. The summed E-state index contributed by atoms with van der Waals surface area (Å²) in [7, 11) is 1.39. The maximum atomic E-state index is 13.6. The van der Waals surface area contributed by atoms with Crippen molar-refractivity contribution >= 4 is 23.5 Å². The molecule has 0 aliphatic carbocycles. The van der Waals surface area contributed by atoms with Crippen molar-refractivity contribution in [3.05, 3.63) is 75.9 Å². The number of carboxylic acid groups (broad SMARTS) is 1. The minimum atomic E-state index is -3.01. The fourth-order valence-electron chi connectivity index (χ4n) is 2.92. The molecule has 1 heterocycles. The number of aromatic nitrogens is 2. The van der Waals surface area contributed by atoms with Gasteiger partial charge in [-0.25, -0.2) is 18.3 Å². The Bertz CT molecular complexity index is 1120. The van der Waals surface area contributed by atoms with Gasteiger partial charge in [-0.2, -0.15) is 5.10 Å². The van der Waals surface area contributed by atoms with Crippen LogP contribution in [-0.2, 0) is 7.05 Å². The number of carbonyl (C=O) groups is 2. The van der Waals surface area contributed by atoms with Crippen molar-refractivity contribution in [2.24, 2.45) is 7.05 Å². The number of rotatable bonds is 7. The molecule has 0 saturated carbocycles. The number of carboxylic acids is 1. The van der Waals surface area contributed by atoms with Crippen LogP contribution in [0, 0.1) is 0 Å². The zero-order valence-electron chi connectivity index (χ0n) is 16.5. The summed E-state index contributed by atoms with van der Waals surface area (Å²) in [5.41, 5.74) is -0.429. The van der Waals surface area contributed by atoms with E-state index in [-0.39, 0.29) is 17.2 Å². The Morgan fingerprint density at radius 3 is 2.45 bits per heavy atom. The molecule has 0 unspecified atom stereocenters. The van der Waals surface area contributed by atoms with Gasteiger partial charge in [-0.1, -0.05) is 29.8 Å². The SMILES string of the molecule is C[C@H](NC(=O)c1c(C(F)F)nn(C)c1Oc1cccc(Cl)c1)c1ccc(C(=O)O)cc1. The molecule has 162 valence electrons. The maximum Gasteiger partial charge on any atom is 0.335 e. The lowest BCUT2D eigenvalue weighted by Gasteiger charge is -2.16. The first-order chi connectivity index (χ1) is 14.7. The number of hydrogen-bond donors (Lipinski definition) is 2.